The second kappa shape index (κ2) is 6.15. The summed E-state index contributed by atoms with van der Waals surface area (Å²) >= 11 is 0. The van der Waals surface area contributed by atoms with Crippen LogP contribution in [-0.2, 0) is 6.54 Å². The Labute approximate surface area is 111 Å². The highest BCUT2D eigenvalue weighted by Crippen LogP contribution is 2.19. The summed E-state index contributed by atoms with van der Waals surface area (Å²) in [5.41, 5.74) is 7.05. The number of aromatic nitrogens is 2. The van der Waals surface area contributed by atoms with E-state index in [0.717, 1.165) is 23.4 Å². The highest BCUT2D eigenvalue weighted by molar-refractivity contribution is 5.59. The van der Waals surface area contributed by atoms with Crippen LogP contribution in [0.4, 0.5) is 0 Å². The molecule has 0 saturated heterocycles. The molecule has 2 aromatic rings. The van der Waals surface area contributed by atoms with E-state index < -0.39 is 0 Å². The topological polar surface area (TPSA) is 70.1 Å². The van der Waals surface area contributed by atoms with Gasteiger partial charge in [-0.25, -0.2) is 4.68 Å². The molecule has 5 nitrogen and oxygen atoms in total. The van der Waals surface area contributed by atoms with E-state index in [4.69, 9.17) is 10.5 Å². The smallest absolute Gasteiger partial charge is 0.266 e. The molecule has 0 bridgehead atoms. The molecule has 1 heterocycles. The molecule has 0 unspecified atom stereocenters. The zero-order chi connectivity index (χ0) is 13.7. The number of benzene rings is 1. The minimum absolute atomic E-state index is 0.106. The lowest BCUT2D eigenvalue weighted by atomic mass is 10.1. The molecule has 2 N–H and O–H groups in total. The van der Waals surface area contributed by atoms with Gasteiger partial charge in [0.05, 0.1) is 12.8 Å². The van der Waals surface area contributed by atoms with E-state index in [1.165, 1.54) is 10.7 Å². The summed E-state index contributed by atoms with van der Waals surface area (Å²) in [5.74, 6) is 0.792. The van der Waals surface area contributed by atoms with E-state index in [-0.39, 0.29) is 5.56 Å². The first-order valence-corrected chi connectivity index (χ1v) is 6.17. The van der Waals surface area contributed by atoms with Crippen LogP contribution in [0.25, 0.3) is 11.3 Å². The minimum atomic E-state index is -0.106. The Morgan fingerprint density at radius 3 is 2.58 bits per heavy atom. The first-order chi connectivity index (χ1) is 9.24. The quantitative estimate of drug-likeness (QED) is 0.877. The minimum Gasteiger partial charge on any atom is -0.497 e. The molecule has 0 fully saturated rings. The summed E-state index contributed by atoms with van der Waals surface area (Å²) in [4.78, 5) is 11.6. The zero-order valence-corrected chi connectivity index (χ0v) is 10.9. The van der Waals surface area contributed by atoms with Crippen LogP contribution in [0.1, 0.15) is 6.42 Å². The van der Waals surface area contributed by atoms with Gasteiger partial charge in [-0.05, 0) is 43.3 Å². The summed E-state index contributed by atoms with van der Waals surface area (Å²) in [5, 5.41) is 4.34. The van der Waals surface area contributed by atoms with Gasteiger partial charge in [0.25, 0.3) is 5.56 Å². The second-order valence-corrected chi connectivity index (χ2v) is 4.15. The third kappa shape index (κ3) is 3.20. The van der Waals surface area contributed by atoms with Gasteiger partial charge < -0.3 is 10.5 Å². The highest BCUT2D eigenvalue weighted by atomic mass is 16.5. The summed E-state index contributed by atoms with van der Waals surface area (Å²) in [6, 6.07) is 10.8. The molecule has 0 radical (unpaired) electrons. The fourth-order valence-electron chi connectivity index (χ4n) is 1.77. The lowest BCUT2D eigenvalue weighted by Gasteiger charge is -2.07. The van der Waals surface area contributed by atoms with Crippen LogP contribution < -0.4 is 16.0 Å². The Hall–Kier alpha value is -2.14. The molecule has 0 saturated carbocycles. The largest absolute Gasteiger partial charge is 0.497 e. The van der Waals surface area contributed by atoms with Crippen molar-refractivity contribution >= 4 is 0 Å². The molecule has 1 aromatic heterocycles. The van der Waals surface area contributed by atoms with Crippen molar-refractivity contribution in [3.8, 4) is 17.0 Å². The number of hydrogen-bond donors (Lipinski definition) is 1. The summed E-state index contributed by atoms with van der Waals surface area (Å²) in [6.45, 7) is 1.08. The number of nitrogens with zero attached hydrogens (tertiary/aromatic N) is 2. The predicted octanol–water partition coefficient (Wildman–Crippen LogP) is 1.27. The molecule has 5 heteroatoms. The predicted molar refractivity (Wildman–Crippen MR) is 74.2 cm³/mol. The van der Waals surface area contributed by atoms with Crippen molar-refractivity contribution in [1.29, 1.82) is 0 Å². The Balaban J connectivity index is 2.30. The number of ether oxygens (including phenoxy) is 1. The molecular formula is C14H17N3O2. The van der Waals surface area contributed by atoms with E-state index in [1.807, 2.05) is 24.3 Å². The van der Waals surface area contributed by atoms with E-state index >= 15 is 0 Å². The molecule has 1 aromatic carbocycles. The number of hydrogen-bond acceptors (Lipinski definition) is 4. The lowest BCUT2D eigenvalue weighted by Crippen LogP contribution is -2.23. The molecule has 0 spiro atoms. The van der Waals surface area contributed by atoms with Gasteiger partial charge in [0.2, 0.25) is 0 Å². The standard InChI is InChI=1S/C14H17N3O2/c1-19-12-5-3-11(4-6-12)13-7-8-14(18)17(16-13)10-2-9-15/h3-8H,2,9-10,15H2,1H3. The Bertz CT molecular complexity index is 590. The number of rotatable bonds is 5. The van der Waals surface area contributed by atoms with Crippen molar-refractivity contribution in [3.05, 3.63) is 46.8 Å². The van der Waals surface area contributed by atoms with Gasteiger partial charge in [-0.3, -0.25) is 4.79 Å². The van der Waals surface area contributed by atoms with Crippen molar-refractivity contribution in [2.45, 2.75) is 13.0 Å². The van der Waals surface area contributed by atoms with Gasteiger partial charge >= 0.3 is 0 Å². The van der Waals surface area contributed by atoms with Crippen LogP contribution in [0, 0.1) is 0 Å². The molecule has 0 aliphatic heterocycles. The van der Waals surface area contributed by atoms with Crippen molar-refractivity contribution in [2.24, 2.45) is 5.73 Å². The zero-order valence-electron chi connectivity index (χ0n) is 10.9. The second-order valence-electron chi connectivity index (χ2n) is 4.15. The van der Waals surface area contributed by atoms with Gasteiger partial charge in [-0.1, -0.05) is 0 Å². The fourth-order valence-corrected chi connectivity index (χ4v) is 1.77. The van der Waals surface area contributed by atoms with Gasteiger partial charge in [0.15, 0.2) is 0 Å². The first-order valence-electron chi connectivity index (χ1n) is 6.17. The molecule has 0 aliphatic carbocycles. The Kier molecular flexibility index (Phi) is 4.30. The van der Waals surface area contributed by atoms with Crippen LogP contribution in [-0.4, -0.2) is 23.4 Å². The van der Waals surface area contributed by atoms with Crippen LogP contribution in [0.3, 0.4) is 0 Å². The third-order valence-corrected chi connectivity index (χ3v) is 2.83. The lowest BCUT2D eigenvalue weighted by molar-refractivity contribution is 0.415. The van der Waals surface area contributed by atoms with Crippen molar-refractivity contribution in [1.82, 2.24) is 9.78 Å². The van der Waals surface area contributed by atoms with Crippen LogP contribution in [0.2, 0.25) is 0 Å². The van der Waals surface area contributed by atoms with Crippen LogP contribution in [0.5, 0.6) is 5.75 Å². The average molecular weight is 259 g/mol. The maximum atomic E-state index is 11.6. The van der Waals surface area contributed by atoms with Gasteiger partial charge in [0, 0.05) is 18.2 Å². The van der Waals surface area contributed by atoms with Crippen molar-refractivity contribution < 1.29 is 4.74 Å². The molecule has 0 amide bonds. The maximum absolute atomic E-state index is 11.6. The molecular weight excluding hydrogens is 242 g/mol. The van der Waals surface area contributed by atoms with Gasteiger partial charge in [0.1, 0.15) is 5.75 Å². The Morgan fingerprint density at radius 2 is 1.95 bits per heavy atom. The number of methoxy groups -OCH3 is 1. The fraction of sp³-hybridized carbons (Fsp3) is 0.286. The van der Waals surface area contributed by atoms with Gasteiger partial charge in [-0.2, -0.15) is 5.10 Å². The van der Waals surface area contributed by atoms with Crippen LogP contribution in [0.15, 0.2) is 41.2 Å². The molecule has 0 atom stereocenters. The molecule has 100 valence electrons. The number of nitrogens with two attached hydrogens (primary N) is 1. The normalized spacial score (nSPS) is 10.4. The number of aryl methyl sites for hydroxylation is 1. The highest BCUT2D eigenvalue weighted by Gasteiger charge is 2.03. The van der Waals surface area contributed by atoms with E-state index in [9.17, 15) is 4.79 Å². The summed E-state index contributed by atoms with van der Waals surface area (Å²) in [6.07, 6.45) is 0.735. The average Bonchev–Trinajstić information content (AvgIpc) is 2.46. The van der Waals surface area contributed by atoms with Gasteiger partial charge in [-0.15, -0.1) is 0 Å². The van der Waals surface area contributed by atoms with Crippen molar-refractivity contribution in [2.75, 3.05) is 13.7 Å². The van der Waals surface area contributed by atoms with E-state index in [2.05, 4.69) is 5.10 Å². The summed E-state index contributed by atoms with van der Waals surface area (Å²) < 4.78 is 6.56. The molecule has 2 rings (SSSR count). The monoisotopic (exact) mass is 259 g/mol. The van der Waals surface area contributed by atoms with Crippen molar-refractivity contribution in [3.63, 3.8) is 0 Å². The molecule has 0 aliphatic rings. The third-order valence-electron chi connectivity index (χ3n) is 2.83. The van der Waals surface area contributed by atoms with E-state index in [1.54, 1.807) is 13.2 Å². The maximum Gasteiger partial charge on any atom is 0.266 e. The first kappa shape index (κ1) is 13.3. The molecule has 19 heavy (non-hydrogen) atoms. The Morgan fingerprint density at radius 1 is 1.21 bits per heavy atom. The van der Waals surface area contributed by atoms with E-state index in [0.29, 0.717) is 13.1 Å². The summed E-state index contributed by atoms with van der Waals surface area (Å²) in [7, 11) is 1.63. The van der Waals surface area contributed by atoms with Crippen LogP contribution >= 0.6 is 0 Å². The SMILES string of the molecule is COc1ccc(-c2ccc(=O)n(CCCN)n2)cc1.